The first-order valence-electron chi connectivity index (χ1n) is 3.07. The quantitative estimate of drug-likeness (QED) is 0.690. The monoisotopic (exact) mass is 173 g/mol. The Morgan fingerprint density at radius 2 is 2.17 bits per heavy atom. The van der Waals surface area contributed by atoms with Crippen LogP contribution in [-0.2, 0) is 0 Å². The van der Waals surface area contributed by atoms with E-state index in [4.69, 9.17) is 5.11 Å². The summed E-state index contributed by atoms with van der Waals surface area (Å²) in [5.74, 6) is -0.658. The zero-order valence-corrected chi connectivity index (χ0v) is 5.87. The second kappa shape index (κ2) is 3.25. The second-order valence-electron chi connectivity index (χ2n) is 2.08. The molecule has 0 amide bonds. The van der Waals surface area contributed by atoms with Crippen molar-refractivity contribution in [2.45, 2.75) is 6.43 Å². The third kappa shape index (κ3) is 1.39. The van der Waals surface area contributed by atoms with E-state index in [1.54, 1.807) is 0 Å². The highest BCUT2D eigenvalue weighted by Gasteiger charge is 2.17. The van der Waals surface area contributed by atoms with Crippen LogP contribution in [-0.4, -0.2) is 16.4 Å². The molecule has 0 aliphatic carbocycles. The van der Waals surface area contributed by atoms with Gasteiger partial charge in [0.25, 0.3) is 6.43 Å². The highest BCUT2D eigenvalue weighted by Crippen LogP contribution is 2.29. The van der Waals surface area contributed by atoms with E-state index in [1.807, 2.05) is 0 Å². The minimum absolute atomic E-state index is 0.230. The van der Waals surface area contributed by atoms with Crippen LogP contribution in [0.5, 0.6) is 5.75 Å². The molecule has 0 bridgehead atoms. The molecule has 0 aromatic carbocycles. The second-order valence-corrected chi connectivity index (χ2v) is 2.08. The maximum atomic E-state index is 12.1. The third-order valence-electron chi connectivity index (χ3n) is 1.34. The molecule has 0 aliphatic rings. The fraction of sp³-hybridized carbons (Fsp3) is 0.143. The molecule has 1 aromatic heterocycles. The fourth-order valence-electron chi connectivity index (χ4n) is 0.807. The minimum atomic E-state index is -2.87. The molecule has 0 radical (unpaired) electrons. The number of nitrogens with zero attached hydrogens (tertiary/aromatic N) is 1. The summed E-state index contributed by atoms with van der Waals surface area (Å²) in [6.07, 6.45) is -0.787. The highest BCUT2D eigenvalue weighted by atomic mass is 19.3. The van der Waals surface area contributed by atoms with Gasteiger partial charge in [-0.2, -0.15) is 0 Å². The molecular weight excluding hydrogens is 168 g/mol. The summed E-state index contributed by atoms with van der Waals surface area (Å²) in [5, 5.41) is 8.89. The molecule has 0 aliphatic heterocycles. The van der Waals surface area contributed by atoms with Crippen LogP contribution in [0, 0.1) is 0 Å². The Bertz CT molecular complexity index is 301. The average Bonchev–Trinajstić information content (AvgIpc) is 2.03. The Balaban J connectivity index is 3.29. The predicted octanol–water partition coefficient (Wildman–Crippen LogP) is 1.54. The summed E-state index contributed by atoms with van der Waals surface area (Å²) in [5.41, 5.74) is -0.954. The Hall–Kier alpha value is -1.52. The van der Waals surface area contributed by atoms with Gasteiger partial charge in [-0.15, -0.1) is 0 Å². The van der Waals surface area contributed by atoms with Crippen molar-refractivity contribution in [3.8, 4) is 5.75 Å². The van der Waals surface area contributed by atoms with Gasteiger partial charge < -0.3 is 5.11 Å². The van der Waals surface area contributed by atoms with Crippen molar-refractivity contribution in [1.82, 2.24) is 4.98 Å². The minimum Gasteiger partial charge on any atom is -0.506 e. The van der Waals surface area contributed by atoms with Gasteiger partial charge >= 0.3 is 0 Å². The van der Waals surface area contributed by atoms with Gasteiger partial charge in [0.1, 0.15) is 5.75 Å². The zero-order valence-electron chi connectivity index (χ0n) is 5.87. The van der Waals surface area contributed by atoms with E-state index in [9.17, 15) is 13.6 Å². The van der Waals surface area contributed by atoms with Crippen molar-refractivity contribution >= 4 is 6.29 Å². The number of aromatic hydroxyl groups is 1. The Morgan fingerprint density at radius 3 is 2.58 bits per heavy atom. The number of pyridine rings is 1. The lowest BCUT2D eigenvalue weighted by Gasteiger charge is -2.03. The molecule has 5 heteroatoms. The van der Waals surface area contributed by atoms with Gasteiger partial charge in [-0.25, -0.2) is 8.78 Å². The molecule has 12 heavy (non-hydrogen) atoms. The first kappa shape index (κ1) is 8.58. The molecule has 3 nitrogen and oxygen atoms in total. The van der Waals surface area contributed by atoms with Crippen LogP contribution in [0.25, 0.3) is 0 Å². The summed E-state index contributed by atoms with van der Waals surface area (Å²) >= 11 is 0. The van der Waals surface area contributed by atoms with Crippen LogP contribution >= 0.6 is 0 Å². The molecular formula is C7H5F2NO2. The normalized spacial score (nSPS) is 10.2. The number of aldehydes is 1. The molecule has 0 saturated heterocycles. The van der Waals surface area contributed by atoms with E-state index in [1.165, 1.54) is 0 Å². The molecule has 0 fully saturated rings. The average molecular weight is 173 g/mol. The molecule has 0 spiro atoms. The fourth-order valence-corrected chi connectivity index (χ4v) is 0.807. The van der Waals surface area contributed by atoms with Gasteiger partial charge in [0, 0.05) is 11.8 Å². The van der Waals surface area contributed by atoms with Gasteiger partial charge in [0.15, 0.2) is 6.29 Å². The number of carbonyl (C=O) groups is 1. The maximum absolute atomic E-state index is 12.1. The summed E-state index contributed by atoms with van der Waals surface area (Å²) in [6.45, 7) is 0. The van der Waals surface area contributed by atoms with E-state index in [0.717, 1.165) is 12.4 Å². The molecule has 1 rings (SSSR count). The van der Waals surface area contributed by atoms with Crippen LogP contribution in [0.2, 0.25) is 0 Å². The summed E-state index contributed by atoms with van der Waals surface area (Å²) < 4.78 is 24.3. The van der Waals surface area contributed by atoms with E-state index >= 15 is 0 Å². The molecule has 1 heterocycles. The largest absolute Gasteiger partial charge is 0.506 e. The smallest absolute Gasteiger partial charge is 0.268 e. The number of halogens is 2. The van der Waals surface area contributed by atoms with E-state index in [2.05, 4.69) is 4.98 Å². The SMILES string of the molecule is O=Cc1cncc(O)c1C(F)F. The predicted molar refractivity (Wildman–Crippen MR) is 36.2 cm³/mol. The van der Waals surface area contributed by atoms with Gasteiger partial charge in [-0.1, -0.05) is 0 Å². The van der Waals surface area contributed by atoms with E-state index in [0.29, 0.717) is 0 Å². The van der Waals surface area contributed by atoms with Crippen LogP contribution in [0.3, 0.4) is 0 Å². The van der Waals surface area contributed by atoms with Gasteiger partial charge in [-0.3, -0.25) is 9.78 Å². The lowest BCUT2D eigenvalue weighted by atomic mass is 10.1. The Labute approximate surface area is 66.7 Å². The van der Waals surface area contributed by atoms with Crippen molar-refractivity contribution in [3.05, 3.63) is 23.5 Å². The lowest BCUT2D eigenvalue weighted by Crippen LogP contribution is -1.94. The summed E-state index contributed by atoms with van der Waals surface area (Å²) in [6, 6.07) is 0. The van der Waals surface area contributed by atoms with Crippen molar-refractivity contribution in [2.75, 3.05) is 0 Å². The molecule has 0 atom stereocenters. The first-order chi connectivity index (χ1) is 5.66. The molecule has 1 N–H and O–H groups in total. The van der Waals surface area contributed by atoms with Crippen molar-refractivity contribution in [2.24, 2.45) is 0 Å². The van der Waals surface area contributed by atoms with Crippen molar-refractivity contribution in [1.29, 1.82) is 0 Å². The zero-order chi connectivity index (χ0) is 9.14. The van der Waals surface area contributed by atoms with E-state index in [-0.39, 0.29) is 11.8 Å². The number of rotatable bonds is 2. The topological polar surface area (TPSA) is 50.2 Å². The van der Waals surface area contributed by atoms with Crippen LogP contribution in [0.1, 0.15) is 22.3 Å². The molecule has 0 unspecified atom stereocenters. The first-order valence-corrected chi connectivity index (χ1v) is 3.07. The molecule has 1 aromatic rings. The number of aromatic nitrogens is 1. The molecule has 64 valence electrons. The van der Waals surface area contributed by atoms with Gasteiger partial charge in [-0.05, 0) is 0 Å². The number of carbonyl (C=O) groups excluding carboxylic acids is 1. The van der Waals surface area contributed by atoms with Gasteiger partial charge in [0.2, 0.25) is 0 Å². The Morgan fingerprint density at radius 1 is 1.50 bits per heavy atom. The van der Waals surface area contributed by atoms with Crippen LogP contribution < -0.4 is 0 Å². The highest BCUT2D eigenvalue weighted by molar-refractivity contribution is 5.78. The number of alkyl halides is 2. The van der Waals surface area contributed by atoms with Crippen LogP contribution in [0.15, 0.2) is 12.4 Å². The molecule has 0 saturated carbocycles. The van der Waals surface area contributed by atoms with E-state index < -0.39 is 17.7 Å². The van der Waals surface area contributed by atoms with Crippen molar-refractivity contribution < 1.29 is 18.7 Å². The Kier molecular flexibility index (Phi) is 2.32. The number of hydrogen-bond acceptors (Lipinski definition) is 3. The van der Waals surface area contributed by atoms with Crippen molar-refractivity contribution in [3.63, 3.8) is 0 Å². The van der Waals surface area contributed by atoms with Crippen LogP contribution in [0.4, 0.5) is 8.78 Å². The maximum Gasteiger partial charge on any atom is 0.268 e. The van der Waals surface area contributed by atoms with Gasteiger partial charge in [0.05, 0.1) is 11.8 Å². The summed E-state index contributed by atoms with van der Waals surface area (Å²) in [4.78, 5) is 13.6. The third-order valence-corrected chi connectivity index (χ3v) is 1.34. The number of hydrogen-bond donors (Lipinski definition) is 1. The standard InChI is InChI=1S/C7H5F2NO2/c8-7(9)6-4(3-11)1-10-2-5(6)12/h1-3,7,12H. The summed E-state index contributed by atoms with van der Waals surface area (Å²) in [7, 11) is 0. The lowest BCUT2D eigenvalue weighted by molar-refractivity contribution is 0.110.